The van der Waals surface area contributed by atoms with E-state index < -0.39 is 6.04 Å². The van der Waals surface area contributed by atoms with E-state index in [1.165, 1.54) is 24.5 Å². The van der Waals surface area contributed by atoms with Crippen molar-refractivity contribution in [1.29, 1.82) is 0 Å². The number of fused-ring (bicyclic) bond motifs is 1. The fraction of sp³-hybridized carbons (Fsp3) is 0.400. The molecule has 6 heteroatoms. The number of amides is 2. The van der Waals surface area contributed by atoms with E-state index in [0.717, 1.165) is 25.0 Å². The minimum Gasteiger partial charge on any atom is -0.348 e. The summed E-state index contributed by atoms with van der Waals surface area (Å²) in [4.78, 5) is 30.4. The highest BCUT2D eigenvalue weighted by atomic mass is 19.1. The van der Waals surface area contributed by atoms with Gasteiger partial charge in [-0.15, -0.1) is 0 Å². The van der Waals surface area contributed by atoms with Crippen molar-refractivity contribution in [2.75, 3.05) is 19.6 Å². The van der Waals surface area contributed by atoms with Crippen LogP contribution in [0.5, 0.6) is 0 Å². The summed E-state index contributed by atoms with van der Waals surface area (Å²) in [5.41, 5.74) is 3.17. The molecule has 0 aliphatic carbocycles. The lowest BCUT2D eigenvalue weighted by Crippen LogP contribution is -2.48. The van der Waals surface area contributed by atoms with Crippen LogP contribution in [-0.4, -0.2) is 45.8 Å². The number of aryl methyl sites for hydroxylation is 1. The normalized spacial score (nSPS) is 15.0. The fourth-order valence-corrected chi connectivity index (χ4v) is 5.03. The van der Waals surface area contributed by atoms with Gasteiger partial charge in [0.15, 0.2) is 0 Å². The van der Waals surface area contributed by atoms with Crippen molar-refractivity contribution in [2.24, 2.45) is 0 Å². The number of carbonyl (C=O) groups is 2. The summed E-state index contributed by atoms with van der Waals surface area (Å²) < 4.78 is 16.9. The van der Waals surface area contributed by atoms with Gasteiger partial charge in [0.1, 0.15) is 18.4 Å². The summed E-state index contributed by atoms with van der Waals surface area (Å²) in [5, 5.41) is 0. The van der Waals surface area contributed by atoms with Crippen LogP contribution >= 0.6 is 0 Å². The average Bonchev–Trinajstić information content (AvgIpc) is 3.37. The number of aromatic nitrogens is 1. The number of halogens is 1. The van der Waals surface area contributed by atoms with Crippen LogP contribution in [0.25, 0.3) is 0 Å². The van der Waals surface area contributed by atoms with Crippen molar-refractivity contribution in [3.05, 3.63) is 95.1 Å². The molecule has 1 aliphatic rings. The molecule has 2 amide bonds. The predicted octanol–water partition coefficient (Wildman–Crippen LogP) is 5.84. The summed E-state index contributed by atoms with van der Waals surface area (Å²) in [5.74, 6) is -0.655. The Hall–Kier alpha value is -3.41. The van der Waals surface area contributed by atoms with Crippen molar-refractivity contribution < 1.29 is 14.0 Å². The third-order valence-corrected chi connectivity index (χ3v) is 6.94. The molecule has 0 radical (unpaired) electrons. The van der Waals surface area contributed by atoms with Crippen LogP contribution in [0.3, 0.4) is 0 Å². The molecule has 1 atom stereocenters. The summed E-state index contributed by atoms with van der Waals surface area (Å²) in [7, 11) is 0. The molecule has 0 N–H and O–H groups in total. The van der Waals surface area contributed by atoms with Crippen LogP contribution in [0.15, 0.2) is 66.9 Å². The first-order valence-electron chi connectivity index (χ1n) is 13.1. The molecule has 1 aliphatic heterocycles. The summed E-state index contributed by atoms with van der Waals surface area (Å²) >= 11 is 0. The molecule has 2 aromatic carbocycles. The third kappa shape index (κ3) is 5.69. The zero-order chi connectivity index (χ0) is 25.5. The molecular formula is C30H36FN3O2. The molecule has 3 aromatic rings. The first-order chi connectivity index (χ1) is 17.5. The molecule has 2 heterocycles. The smallest absolute Gasteiger partial charge is 0.254 e. The standard InChI is InChI=1S/C30H36FN3O2/c1-3-5-6-10-23-14-16-24(17-15-23)30(36)33(18-4-2)22-28(35)34-21-20-32-19-9-13-27(32)29(34)25-11-7-8-12-26(25)31/h7-9,11-17,19,29H,3-6,10,18,20-22H2,1-2H3/t29-/m0/s1. The Balaban J connectivity index is 1.53. The van der Waals surface area contributed by atoms with Gasteiger partial charge in [-0.1, -0.05) is 57.0 Å². The van der Waals surface area contributed by atoms with Gasteiger partial charge in [0, 0.05) is 42.7 Å². The van der Waals surface area contributed by atoms with E-state index in [4.69, 9.17) is 0 Å². The number of rotatable bonds is 10. The van der Waals surface area contributed by atoms with Gasteiger partial charge >= 0.3 is 0 Å². The number of carbonyl (C=O) groups excluding carboxylic acids is 2. The van der Waals surface area contributed by atoms with Gasteiger partial charge in [-0.2, -0.15) is 0 Å². The molecular weight excluding hydrogens is 453 g/mol. The second kappa shape index (κ2) is 12.0. The highest BCUT2D eigenvalue weighted by Crippen LogP contribution is 2.34. The second-order valence-electron chi connectivity index (χ2n) is 9.52. The maximum atomic E-state index is 14.9. The third-order valence-electron chi connectivity index (χ3n) is 6.94. The van der Waals surface area contributed by atoms with Crippen LogP contribution in [0, 0.1) is 5.82 Å². The van der Waals surface area contributed by atoms with E-state index in [9.17, 15) is 14.0 Å². The van der Waals surface area contributed by atoms with E-state index in [1.54, 1.807) is 28.0 Å². The number of benzene rings is 2. The van der Waals surface area contributed by atoms with Crippen molar-refractivity contribution in [3.8, 4) is 0 Å². The fourth-order valence-electron chi connectivity index (χ4n) is 5.03. The molecule has 0 unspecified atom stereocenters. The van der Waals surface area contributed by atoms with Crippen LogP contribution in [-0.2, 0) is 17.8 Å². The molecule has 0 bridgehead atoms. The minimum absolute atomic E-state index is 0.0312. The topological polar surface area (TPSA) is 45.6 Å². The van der Waals surface area contributed by atoms with Crippen LogP contribution in [0.4, 0.5) is 4.39 Å². The monoisotopic (exact) mass is 489 g/mol. The molecule has 0 fully saturated rings. The number of nitrogens with zero attached hydrogens (tertiary/aromatic N) is 3. The lowest BCUT2D eigenvalue weighted by atomic mass is 9.99. The van der Waals surface area contributed by atoms with E-state index in [0.29, 0.717) is 30.8 Å². The lowest BCUT2D eigenvalue weighted by Gasteiger charge is -2.38. The zero-order valence-electron chi connectivity index (χ0n) is 21.3. The Labute approximate surface area is 213 Å². The van der Waals surface area contributed by atoms with Gasteiger partial charge in [-0.05, 0) is 55.2 Å². The van der Waals surface area contributed by atoms with E-state index in [-0.39, 0.29) is 24.2 Å². The van der Waals surface area contributed by atoms with Crippen molar-refractivity contribution in [1.82, 2.24) is 14.4 Å². The average molecular weight is 490 g/mol. The Bertz CT molecular complexity index is 1170. The molecule has 0 spiro atoms. The first kappa shape index (κ1) is 25.7. The molecule has 5 nitrogen and oxygen atoms in total. The summed E-state index contributed by atoms with van der Waals surface area (Å²) in [6, 6.07) is 17.7. The summed E-state index contributed by atoms with van der Waals surface area (Å²) in [6.07, 6.45) is 7.23. The molecule has 0 saturated carbocycles. The van der Waals surface area contributed by atoms with Gasteiger partial charge in [0.25, 0.3) is 5.91 Å². The molecule has 4 rings (SSSR count). The number of unbranched alkanes of at least 4 members (excludes halogenated alkanes) is 2. The first-order valence-corrected chi connectivity index (χ1v) is 13.1. The van der Waals surface area contributed by atoms with Gasteiger partial charge in [0.2, 0.25) is 5.91 Å². The molecule has 36 heavy (non-hydrogen) atoms. The number of hydrogen-bond acceptors (Lipinski definition) is 2. The molecule has 190 valence electrons. The second-order valence-corrected chi connectivity index (χ2v) is 9.52. The SMILES string of the molecule is CCCCCc1ccc(C(=O)N(CCC)CC(=O)N2CCn3cccc3[C@@H]2c2ccccc2F)cc1. The highest BCUT2D eigenvalue weighted by Gasteiger charge is 2.34. The largest absolute Gasteiger partial charge is 0.348 e. The Kier molecular flexibility index (Phi) is 8.57. The van der Waals surface area contributed by atoms with Crippen LogP contribution < -0.4 is 0 Å². The lowest BCUT2D eigenvalue weighted by molar-refractivity contribution is -0.134. The van der Waals surface area contributed by atoms with Gasteiger partial charge < -0.3 is 14.4 Å². The summed E-state index contributed by atoms with van der Waals surface area (Å²) in [6.45, 7) is 5.73. The maximum absolute atomic E-state index is 14.9. The van der Waals surface area contributed by atoms with Crippen LogP contribution in [0.2, 0.25) is 0 Å². The van der Waals surface area contributed by atoms with Crippen molar-refractivity contribution in [2.45, 2.75) is 58.5 Å². The Morgan fingerprint density at radius 3 is 2.44 bits per heavy atom. The van der Waals surface area contributed by atoms with E-state index >= 15 is 0 Å². The Morgan fingerprint density at radius 1 is 0.944 bits per heavy atom. The van der Waals surface area contributed by atoms with Gasteiger partial charge in [-0.25, -0.2) is 4.39 Å². The highest BCUT2D eigenvalue weighted by molar-refractivity contribution is 5.96. The molecule has 0 saturated heterocycles. The zero-order valence-corrected chi connectivity index (χ0v) is 21.3. The Morgan fingerprint density at radius 2 is 1.72 bits per heavy atom. The predicted molar refractivity (Wildman–Crippen MR) is 140 cm³/mol. The maximum Gasteiger partial charge on any atom is 0.254 e. The van der Waals surface area contributed by atoms with Crippen LogP contribution in [0.1, 0.15) is 72.8 Å². The quantitative estimate of drug-likeness (QED) is 0.336. The minimum atomic E-state index is -0.525. The number of hydrogen-bond donors (Lipinski definition) is 0. The van der Waals surface area contributed by atoms with E-state index in [2.05, 4.69) is 11.5 Å². The van der Waals surface area contributed by atoms with Gasteiger partial charge in [-0.3, -0.25) is 9.59 Å². The molecule has 1 aromatic heterocycles. The van der Waals surface area contributed by atoms with Crippen molar-refractivity contribution in [3.63, 3.8) is 0 Å². The van der Waals surface area contributed by atoms with Crippen molar-refractivity contribution >= 4 is 11.8 Å². The van der Waals surface area contributed by atoms with Gasteiger partial charge in [0.05, 0.1) is 0 Å². The van der Waals surface area contributed by atoms with E-state index in [1.807, 2.05) is 49.5 Å².